The van der Waals surface area contributed by atoms with E-state index in [0.717, 1.165) is 35.3 Å². The summed E-state index contributed by atoms with van der Waals surface area (Å²) < 4.78 is 5.18. The SMILES string of the molecule is CC(C)OC(=O)Nc1ccc2c(c1)N(C(=O)c1cccs1)c1ccccc1CC2. The number of nitrogens with zero attached hydrogens (tertiary/aromatic N) is 1. The zero-order valence-electron chi connectivity index (χ0n) is 16.3. The minimum atomic E-state index is -0.509. The highest BCUT2D eigenvalue weighted by molar-refractivity contribution is 7.12. The predicted octanol–water partition coefficient (Wildman–Crippen LogP) is 5.78. The molecular formula is C23H22N2O3S. The molecule has 0 spiro atoms. The molecule has 2 heterocycles. The number of benzene rings is 2. The molecule has 0 radical (unpaired) electrons. The number of anilines is 3. The van der Waals surface area contributed by atoms with Gasteiger partial charge < -0.3 is 4.74 Å². The smallest absolute Gasteiger partial charge is 0.411 e. The Morgan fingerprint density at radius 2 is 1.76 bits per heavy atom. The molecule has 148 valence electrons. The average Bonchev–Trinajstić information content (AvgIpc) is 3.17. The van der Waals surface area contributed by atoms with Gasteiger partial charge in [0.15, 0.2) is 0 Å². The number of hydrogen-bond acceptors (Lipinski definition) is 4. The molecule has 2 aromatic carbocycles. The average molecular weight is 407 g/mol. The summed E-state index contributed by atoms with van der Waals surface area (Å²) >= 11 is 1.42. The van der Waals surface area contributed by atoms with E-state index >= 15 is 0 Å². The predicted molar refractivity (Wildman–Crippen MR) is 116 cm³/mol. The molecule has 2 amide bonds. The number of amides is 2. The van der Waals surface area contributed by atoms with Gasteiger partial charge in [0.2, 0.25) is 0 Å². The molecule has 0 atom stereocenters. The Hall–Kier alpha value is -3.12. The van der Waals surface area contributed by atoms with E-state index in [-0.39, 0.29) is 12.0 Å². The zero-order valence-corrected chi connectivity index (χ0v) is 17.2. The van der Waals surface area contributed by atoms with E-state index in [1.54, 1.807) is 18.7 Å². The van der Waals surface area contributed by atoms with Crippen LogP contribution in [0.15, 0.2) is 60.0 Å². The van der Waals surface area contributed by atoms with Gasteiger partial charge in [-0.15, -0.1) is 11.3 Å². The fourth-order valence-electron chi connectivity index (χ4n) is 3.49. The van der Waals surface area contributed by atoms with Crippen LogP contribution in [-0.4, -0.2) is 18.1 Å². The Bertz CT molecular complexity index is 1040. The molecule has 0 fully saturated rings. The maximum Gasteiger partial charge on any atom is 0.411 e. The summed E-state index contributed by atoms with van der Waals surface area (Å²) in [7, 11) is 0. The first-order valence-electron chi connectivity index (χ1n) is 9.59. The van der Waals surface area contributed by atoms with Gasteiger partial charge in [-0.25, -0.2) is 4.79 Å². The van der Waals surface area contributed by atoms with Crippen LogP contribution in [0.4, 0.5) is 21.9 Å². The van der Waals surface area contributed by atoms with Gasteiger partial charge in [-0.1, -0.05) is 30.3 Å². The number of nitrogens with one attached hydrogen (secondary N) is 1. The van der Waals surface area contributed by atoms with E-state index in [4.69, 9.17) is 4.74 Å². The summed E-state index contributed by atoms with van der Waals surface area (Å²) in [5.41, 5.74) is 4.45. The van der Waals surface area contributed by atoms with E-state index in [2.05, 4.69) is 11.4 Å². The number of hydrogen-bond donors (Lipinski definition) is 1. The third kappa shape index (κ3) is 4.03. The molecule has 0 saturated carbocycles. The number of ether oxygens (including phenoxy) is 1. The van der Waals surface area contributed by atoms with Crippen molar-refractivity contribution in [3.8, 4) is 0 Å². The molecule has 3 aromatic rings. The fourth-order valence-corrected chi connectivity index (χ4v) is 4.14. The molecular weight excluding hydrogens is 384 g/mol. The van der Waals surface area contributed by atoms with Gasteiger partial charge in [0, 0.05) is 5.69 Å². The van der Waals surface area contributed by atoms with Crippen LogP contribution in [0.3, 0.4) is 0 Å². The van der Waals surface area contributed by atoms with Gasteiger partial charge in [-0.2, -0.15) is 0 Å². The number of fused-ring (bicyclic) bond motifs is 2. The summed E-state index contributed by atoms with van der Waals surface area (Å²) in [4.78, 5) is 27.9. The Labute approximate surface area is 173 Å². The number of thiophene rings is 1. The van der Waals surface area contributed by atoms with Crippen molar-refractivity contribution in [3.05, 3.63) is 76.0 Å². The lowest BCUT2D eigenvalue weighted by Gasteiger charge is -2.25. The topological polar surface area (TPSA) is 58.6 Å². The molecule has 4 rings (SSSR count). The van der Waals surface area contributed by atoms with E-state index in [0.29, 0.717) is 10.6 Å². The lowest BCUT2D eigenvalue weighted by atomic mass is 10.0. The van der Waals surface area contributed by atoms with E-state index < -0.39 is 6.09 Å². The van der Waals surface area contributed by atoms with Crippen molar-refractivity contribution >= 4 is 40.4 Å². The lowest BCUT2D eigenvalue weighted by Crippen LogP contribution is -2.26. The van der Waals surface area contributed by atoms with Crippen molar-refractivity contribution in [2.75, 3.05) is 10.2 Å². The molecule has 0 bridgehead atoms. The van der Waals surface area contributed by atoms with Gasteiger partial charge in [0.05, 0.1) is 22.4 Å². The first-order chi connectivity index (χ1) is 14.0. The minimum Gasteiger partial charge on any atom is -0.447 e. The van der Waals surface area contributed by atoms with Crippen molar-refractivity contribution in [3.63, 3.8) is 0 Å². The van der Waals surface area contributed by atoms with Crippen LogP contribution in [0, 0.1) is 0 Å². The van der Waals surface area contributed by atoms with Crippen LogP contribution in [0.5, 0.6) is 0 Å². The van der Waals surface area contributed by atoms with Gasteiger partial charge in [-0.3, -0.25) is 15.0 Å². The lowest BCUT2D eigenvalue weighted by molar-refractivity contribution is 0.100. The normalized spacial score (nSPS) is 12.7. The number of aryl methyl sites for hydroxylation is 2. The third-order valence-corrected chi connectivity index (χ3v) is 5.60. The minimum absolute atomic E-state index is 0.0718. The standard InChI is InChI=1S/C23H22N2O3S/c1-15(2)28-23(27)24-18-12-11-17-10-9-16-6-3-4-7-19(16)25(20(17)14-18)22(26)21-8-5-13-29-21/h3-8,11-15H,9-10H2,1-2H3,(H,24,27). The summed E-state index contributed by atoms with van der Waals surface area (Å²) in [6.45, 7) is 3.60. The second-order valence-corrected chi connectivity index (χ2v) is 8.12. The Balaban J connectivity index is 1.78. The molecule has 29 heavy (non-hydrogen) atoms. The highest BCUT2D eigenvalue weighted by Crippen LogP contribution is 2.39. The number of rotatable bonds is 3. The second-order valence-electron chi connectivity index (χ2n) is 7.17. The van der Waals surface area contributed by atoms with Gasteiger partial charge >= 0.3 is 6.09 Å². The van der Waals surface area contributed by atoms with Crippen LogP contribution in [0.2, 0.25) is 0 Å². The van der Waals surface area contributed by atoms with Crippen LogP contribution in [-0.2, 0) is 17.6 Å². The molecule has 1 N–H and O–H groups in total. The summed E-state index contributed by atoms with van der Waals surface area (Å²) in [6, 6.07) is 17.4. The first kappa shape index (κ1) is 19.2. The molecule has 5 nitrogen and oxygen atoms in total. The van der Waals surface area contributed by atoms with E-state index in [9.17, 15) is 9.59 Å². The van der Waals surface area contributed by atoms with Crippen molar-refractivity contribution in [1.29, 1.82) is 0 Å². The van der Waals surface area contributed by atoms with E-state index in [1.807, 2.05) is 53.9 Å². The largest absolute Gasteiger partial charge is 0.447 e. The quantitative estimate of drug-likeness (QED) is 0.600. The summed E-state index contributed by atoms with van der Waals surface area (Å²) in [5, 5.41) is 4.67. The van der Waals surface area contributed by atoms with Gasteiger partial charge in [0.25, 0.3) is 5.91 Å². The molecule has 0 aliphatic carbocycles. The highest BCUT2D eigenvalue weighted by atomic mass is 32.1. The van der Waals surface area contributed by atoms with Crippen LogP contribution < -0.4 is 10.2 Å². The van der Waals surface area contributed by atoms with E-state index in [1.165, 1.54) is 11.3 Å². The maximum absolute atomic E-state index is 13.4. The summed E-state index contributed by atoms with van der Waals surface area (Å²) in [5.74, 6) is -0.0718. The zero-order chi connectivity index (χ0) is 20.4. The van der Waals surface area contributed by atoms with Crippen molar-refractivity contribution in [1.82, 2.24) is 0 Å². The monoisotopic (exact) mass is 406 g/mol. The molecule has 6 heteroatoms. The Kier molecular flexibility index (Phi) is 5.36. The highest BCUT2D eigenvalue weighted by Gasteiger charge is 2.27. The molecule has 1 aliphatic rings. The van der Waals surface area contributed by atoms with Crippen LogP contribution in [0.25, 0.3) is 0 Å². The van der Waals surface area contributed by atoms with Crippen molar-refractivity contribution < 1.29 is 14.3 Å². The third-order valence-electron chi connectivity index (χ3n) is 4.75. The Morgan fingerprint density at radius 3 is 2.48 bits per heavy atom. The van der Waals surface area contributed by atoms with Gasteiger partial charge in [-0.05, 0) is 67.5 Å². The van der Waals surface area contributed by atoms with Gasteiger partial charge in [0.1, 0.15) is 0 Å². The van der Waals surface area contributed by atoms with Crippen LogP contribution in [0.1, 0.15) is 34.6 Å². The van der Waals surface area contributed by atoms with Crippen LogP contribution >= 0.6 is 11.3 Å². The molecule has 0 unspecified atom stereocenters. The molecule has 1 aliphatic heterocycles. The van der Waals surface area contributed by atoms with Crippen molar-refractivity contribution in [2.45, 2.75) is 32.8 Å². The van der Waals surface area contributed by atoms with Crippen molar-refractivity contribution in [2.24, 2.45) is 0 Å². The number of carbonyl (C=O) groups is 2. The first-order valence-corrected chi connectivity index (χ1v) is 10.5. The summed E-state index contributed by atoms with van der Waals surface area (Å²) in [6.07, 6.45) is 0.946. The Morgan fingerprint density at radius 1 is 1.00 bits per heavy atom. The second kappa shape index (κ2) is 8.09. The fraction of sp³-hybridized carbons (Fsp3) is 0.217. The number of carbonyl (C=O) groups excluding carboxylic acids is 2. The maximum atomic E-state index is 13.4. The number of para-hydroxylation sites is 1. The molecule has 1 aromatic heterocycles. The molecule has 0 saturated heterocycles.